The van der Waals surface area contributed by atoms with Gasteiger partial charge >= 0.3 is 0 Å². The molecule has 1 aromatic carbocycles. The number of aromatic nitrogens is 2. The second-order valence-electron chi connectivity index (χ2n) is 2.88. The van der Waals surface area contributed by atoms with Crippen molar-refractivity contribution in [2.75, 3.05) is 0 Å². The van der Waals surface area contributed by atoms with Crippen molar-refractivity contribution in [3.63, 3.8) is 0 Å². The summed E-state index contributed by atoms with van der Waals surface area (Å²) in [6.07, 6.45) is 3.26. The Labute approximate surface area is 85.6 Å². The minimum absolute atomic E-state index is 0.0645. The van der Waals surface area contributed by atoms with Gasteiger partial charge in [0.1, 0.15) is 0 Å². The molecule has 1 aromatic heterocycles. The van der Waals surface area contributed by atoms with Gasteiger partial charge in [0.2, 0.25) is 0 Å². The highest BCUT2D eigenvalue weighted by atomic mass is 16.6. The van der Waals surface area contributed by atoms with E-state index in [4.69, 9.17) is 0 Å². The fourth-order valence-corrected chi connectivity index (χ4v) is 1.18. The van der Waals surface area contributed by atoms with Crippen molar-refractivity contribution in [1.29, 1.82) is 0 Å². The molecule has 0 radical (unpaired) electrons. The maximum atomic E-state index is 10.4. The van der Waals surface area contributed by atoms with Crippen LogP contribution in [0.5, 0.6) is 0 Å². The molecule has 0 amide bonds. The second-order valence-corrected chi connectivity index (χ2v) is 2.88. The summed E-state index contributed by atoms with van der Waals surface area (Å²) < 4.78 is 0. The number of rotatable bonds is 2. The van der Waals surface area contributed by atoms with Gasteiger partial charge in [-0.15, -0.1) is 0 Å². The second kappa shape index (κ2) is 3.83. The van der Waals surface area contributed by atoms with Crippen molar-refractivity contribution < 1.29 is 4.92 Å². The Morgan fingerprint density at radius 3 is 2.20 bits per heavy atom. The minimum atomic E-state index is -0.435. The molecule has 0 aliphatic heterocycles. The third-order valence-corrected chi connectivity index (χ3v) is 1.90. The van der Waals surface area contributed by atoms with Crippen LogP contribution in [0.25, 0.3) is 11.4 Å². The van der Waals surface area contributed by atoms with Gasteiger partial charge in [0.05, 0.1) is 4.92 Å². The maximum Gasteiger partial charge on any atom is 0.269 e. The monoisotopic (exact) mass is 201 g/mol. The molecule has 1 heterocycles. The van der Waals surface area contributed by atoms with Crippen LogP contribution in [0.2, 0.25) is 0 Å². The molecule has 2 aromatic rings. The fraction of sp³-hybridized carbons (Fsp3) is 0. The first-order valence-electron chi connectivity index (χ1n) is 4.29. The SMILES string of the molecule is O=[N+]([O-])c1ccc(-c2ncccn2)cc1. The van der Waals surface area contributed by atoms with Crippen LogP contribution >= 0.6 is 0 Å². The third kappa shape index (κ3) is 1.96. The van der Waals surface area contributed by atoms with Gasteiger partial charge in [0.25, 0.3) is 5.69 Å². The van der Waals surface area contributed by atoms with E-state index in [-0.39, 0.29) is 5.69 Å². The highest BCUT2D eigenvalue weighted by Gasteiger charge is 2.05. The molecule has 0 N–H and O–H groups in total. The number of nitro benzene ring substituents is 1. The molecular formula is C10H7N3O2. The normalized spacial score (nSPS) is 9.87. The number of non-ortho nitro benzene ring substituents is 1. The van der Waals surface area contributed by atoms with E-state index in [1.807, 2.05) is 0 Å². The molecule has 15 heavy (non-hydrogen) atoms. The number of hydrogen-bond acceptors (Lipinski definition) is 4. The number of benzene rings is 1. The lowest BCUT2D eigenvalue weighted by Crippen LogP contribution is -1.89. The predicted octanol–water partition coefficient (Wildman–Crippen LogP) is 2.05. The molecule has 0 saturated heterocycles. The third-order valence-electron chi connectivity index (χ3n) is 1.90. The Balaban J connectivity index is 2.36. The predicted molar refractivity (Wildman–Crippen MR) is 54.1 cm³/mol. The molecule has 0 unspecified atom stereocenters. The average molecular weight is 201 g/mol. The van der Waals surface area contributed by atoms with Crippen LogP contribution in [-0.4, -0.2) is 14.9 Å². The summed E-state index contributed by atoms with van der Waals surface area (Å²) in [6.45, 7) is 0. The average Bonchev–Trinajstić information content (AvgIpc) is 2.30. The molecule has 0 bridgehead atoms. The van der Waals surface area contributed by atoms with E-state index in [0.717, 1.165) is 5.56 Å². The largest absolute Gasteiger partial charge is 0.269 e. The smallest absolute Gasteiger partial charge is 0.258 e. The van der Waals surface area contributed by atoms with Crippen molar-refractivity contribution in [3.05, 3.63) is 52.8 Å². The van der Waals surface area contributed by atoms with Gasteiger partial charge in [-0.2, -0.15) is 0 Å². The first-order valence-corrected chi connectivity index (χ1v) is 4.29. The van der Waals surface area contributed by atoms with Crippen LogP contribution in [0.15, 0.2) is 42.7 Å². The molecule has 2 rings (SSSR count). The molecule has 0 spiro atoms. The van der Waals surface area contributed by atoms with Crippen LogP contribution in [-0.2, 0) is 0 Å². The molecule has 74 valence electrons. The van der Waals surface area contributed by atoms with E-state index in [0.29, 0.717) is 5.82 Å². The minimum Gasteiger partial charge on any atom is -0.258 e. The van der Waals surface area contributed by atoms with Crippen molar-refractivity contribution >= 4 is 5.69 Å². The van der Waals surface area contributed by atoms with Gasteiger partial charge in [-0.1, -0.05) is 0 Å². The highest BCUT2D eigenvalue weighted by Crippen LogP contribution is 2.18. The van der Waals surface area contributed by atoms with Crippen molar-refractivity contribution in [1.82, 2.24) is 9.97 Å². The Morgan fingerprint density at radius 2 is 1.67 bits per heavy atom. The van der Waals surface area contributed by atoms with Crippen LogP contribution in [0.3, 0.4) is 0 Å². The molecule has 5 heteroatoms. The van der Waals surface area contributed by atoms with E-state index in [9.17, 15) is 10.1 Å². The summed E-state index contributed by atoms with van der Waals surface area (Å²) in [5, 5.41) is 10.4. The van der Waals surface area contributed by atoms with Crippen LogP contribution < -0.4 is 0 Å². The molecule has 0 aliphatic rings. The van der Waals surface area contributed by atoms with Crippen molar-refractivity contribution in [3.8, 4) is 11.4 Å². The van der Waals surface area contributed by atoms with Gasteiger partial charge < -0.3 is 0 Å². The fourth-order valence-electron chi connectivity index (χ4n) is 1.18. The van der Waals surface area contributed by atoms with Gasteiger partial charge in [-0.25, -0.2) is 9.97 Å². The summed E-state index contributed by atoms with van der Waals surface area (Å²) in [6, 6.07) is 7.85. The summed E-state index contributed by atoms with van der Waals surface area (Å²) in [5.74, 6) is 0.562. The van der Waals surface area contributed by atoms with Crippen LogP contribution in [0.1, 0.15) is 0 Å². The topological polar surface area (TPSA) is 68.9 Å². The van der Waals surface area contributed by atoms with Gasteiger partial charge in [-0.3, -0.25) is 10.1 Å². The first-order chi connectivity index (χ1) is 7.27. The Bertz CT molecular complexity index is 468. The number of nitrogens with zero attached hydrogens (tertiary/aromatic N) is 3. The van der Waals surface area contributed by atoms with Crippen LogP contribution in [0.4, 0.5) is 5.69 Å². The quantitative estimate of drug-likeness (QED) is 0.550. The zero-order chi connectivity index (χ0) is 10.7. The van der Waals surface area contributed by atoms with Crippen LogP contribution in [0, 0.1) is 10.1 Å². The van der Waals surface area contributed by atoms with E-state index in [1.165, 1.54) is 12.1 Å². The molecular weight excluding hydrogens is 194 g/mol. The summed E-state index contributed by atoms with van der Waals surface area (Å²) in [5.41, 5.74) is 0.830. The molecule has 0 saturated carbocycles. The maximum absolute atomic E-state index is 10.4. The summed E-state index contributed by atoms with van der Waals surface area (Å²) >= 11 is 0. The van der Waals surface area contributed by atoms with E-state index >= 15 is 0 Å². The molecule has 5 nitrogen and oxygen atoms in total. The molecule has 0 atom stereocenters. The zero-order valence-corrected chi connectivity index (χ0v) is 7.70. The Hall–Kier alpha value is -2.30. The lowest BCUT2D eigenvalue weighted by Gasteiger charge is -1.97. The molecule has 0 fully saturated rings. The standard InChI is InChI=1S/C10H7N3O2/c14-13(15)9-4-2-8(3-5-9)10-11-6-1-7-12-10/h1-7H. The van der Waals surface area contributed by atoms with Crippen molar-refractivity contribution in [2.24, 2.45) is 0 Å². The van der Waals surface area contributed by atoms with E-state index in [1.54, 1.807) is 30.6 Å². The van der Waals surface area contributed by atoms with Crippen molar-refractivity contribution in [2.45, 2.75) is 0 Å². The summed E-state index contributed by atoms with van der Waals surface area (Å²) in [7, 11) is 0. The van der Waals surface area contributed by atoms with E-state index in [2.05, 4.69) is 9.97 Å². The van der Waals surface area contributed by atoms with Gasteiger partial charge in [0.15, 0.2) is 5.82 Å². The zero-order valence-electron chi connectivity index (χ0n) is 7.70. The Morgan fingerprint density at radius 1 is 1.07 bits per heavy atom. The summed E-state index contributed by atoms with van der Waals surface area (Å²) in [4.78, 5) is 18.1. The molecule has 0 aliphatic carbocycles. The van der Waals surface area contributed by atoms with E-state index < -0.39 is 4.92 Å². The van der Waals surface area contributed by atoms with Gasteiger partial charge in [0, 0.05) is 30.1 Å². The lowest BCUT2D eigenvalue weighted by molar-refractivity contribution is -0.384. The number of nitro groups is 1. The highest BCUT2D eigenvalue weighted by molar-refractivity contribution is 5.56. The lowest BCUT2D eigenvalue weighted by atomic mass is 10.2. The Kier molecular flexibility index (Phi) is 2.37. The number of hydrogen-bond donors (Lipinski definition) is 0. The first kappa shape index (κ1) is 9.26. The van der Waals surface area contributed by atoms with Gasteiger partial charge in [-0.05, 0) is 18.2 Å².